The van der Waals surface area contributed by atoms with Gasteiger partial charge in [0.15, 0.2) is 5.65 Å². The van der Waals surface area contributed by atoms with E-state index in [1.807, 2.05) is 30.3 Å². The number of methoxy groups -OCH3 is 2. The molecule has 1 aliphatic rings. The third-order valence-corrected chi connectivity index (χ3v) is 5.25. The van der Waals surface area contributed by atoms with Crippen LogP contribution in [0.5, 0.6) is 11.5 Å². The lowest BCUT2D eigenvalue weighted by Crippen LogP contribution is -2.31. The Morgan fingerprint density at radius 2 is 2.04 bits per heavy atom. The van der Waals surface area contributed by atoms with Gasteiger partial charge in [0, 0.05) is 30.4 Å². The maximum Gasteiger partial charge on any atom is 0.350 e. The maximum absolute atomic E-state index is 12.5. The van der Waals surface area contributed by atoms with Crippen LogP contribution in [0, 0.1) is 0 Å². The number of hydrogen-bond acceptors (Lipinski definition) is 5. The average Bonchev–Trinajstić information content (AvgIpc) is 3.30. The molecule has 4 rings (SSSR count). The number of nitrogens with zero attached hydrogens (tertiary/aromatic N) is 4. The second-order valence-electron chi connectivity index (χ2n) is 6.74. The van der Waals surface area contributed by atoms with Gasteiger partial charge in [-0.05, 0) is 37.6 Å². The first-order valence-corrected chi connectivity index (χ1v) is 9.21. The minimum absolute atomic E-state index is 0.0941. The first kappa shape index (κ1) is 17.6. The van der Waals surface area contributed by atoms with E-state index in [9.17, 15) is 4.79 Å². The molecule has 2 aromatic heterocycles. The van der Waals surface area contributed by atoms with Crippen molar-refractivity contribution in [2.24, 2.45) is 0 Å². The number of ether oxygens (including phenoxy) is 2. The third kappa shape index (κ3) is 3.30. The molecule has 1 unspecified atom stereocenters. The van der Waals surface area contributed by atoms with E-state index >= 15 is 0 Å². The highest BCUT2D eigenvalue weighted by Gasteiger charge is 2.28. The van der Waals surface area contributed by atoms with Crippen molar-refractivity contribution in [1.29, 1.82) is 0 Å². The molecule has 27 heavy (non-hydrogen) atoms. The summed E-state index contributed by atoms with van der Waals surface area (Å²) in [5.41, 5.74) is 1.75. The van der Waals surface area contributed by atoms with Crippen LogP contribution in [0.25, 0.3) is 5.65 Å². The van der Waals surface area contributed by atoms with Crippen LogP contribution < -0.4 is 15.2 Å². The molecule has 1 atom stereocenters. The summed E-state index contributed by atoms with van der Waals surface area (Å²) in [6.45, 7) is 2.33. The second kappa shape index (κ2) is 7.44. The van der Waals surface area contributed by atoms with Gasteiger partial charge < -0.3 is 9.47 Å². The Kier molecular flexibility index (Phi) is 4.85. The van der Waals surface area contributed by atoms with Crippen LogP contribution in [0.3, 0.4) is 0 Å². The standard InChI is InChI=1S/C20H24N4O3/c1-26-15-8-9-16(18(14-15)27-2)17-6-5-10-22(17)12-13-24-20(25)23-11-4-3-7-19(23)21-24/h3-4,7-9,11,14,17H,5-6,10,12-13H2,1-2H3. The summed E-state index contributed by atoms with van der Waals surface area (Å²) in [5.74, 6) is 1.63. The van der Waals surface area contributed by atoms with Gasteiger partial charge in [-0.25, -0.2) is 9.48 Å². The van der Waals surface area contributed by atoms with Crippen LogP contribution in [0.15, 0.2) is 47.4 Å². The molecule has 1 aromatic carbocycles. The van der Waals surface area contributed by atoms with Gasteiger partial charge in [0.25, 0.3) is 0 Å². The van der Waals surface area contributed by atoms with Crippen LogP contribution in [0.4, 0.5) is 0 Å². The Bertz CT molecular complexity index is 994. The Hall–Kier alpha value is -2.80. The molecule has 1 aliphatic heterocycles. The molecule has 1 fully saturated rings. The van der Waals surface area contributed by atoms with Gasteiger partial charge in [0.1, 0.15) is 11.5 Å². The van der Waals surface area contributed by atoms with Crippen molar-refractivity contribution in [3.05, 3.63) is 58.6 Å². The molecule has 0 saturated carbocycles. The molecule has 1 saturated heterocycles. The quantitative estimate of drug-likeness (QED) is 0.668. The lowest BCUT2D eigenvalue weighted by Gasteiger charge is -2.26. The Morgan fingerprint density at radius 1 is 1.15 bits per heavy atom. The zero-order valence-corrected chi connectivity index (χ0v) is 15.7. The molecule has 3 heterocycles. The highest BCUT2D eigenvalue weighted by molar-refractivity contribution is 5.43. The fraction of sp³-hybridized carbons (Fsp3) is 0.400. The molecule has 0 N–H and O–H groups in total. The first-order chi connectivity index (χ1) is 13.2. The van der Waals surface area contributed by atoms with Crippen molar-refractivity contribution >= 4 is 5.65 Å². The maximum atomic E-state index is 12.5. The van der Waals surface area contributed by atoms with E-state index in [0.717, 1.165) is 43.0 Å². The van der Waals surface area contributed by atoms with Gasteiger partial charge in [-0.1, -0.05) is 12.1 Å². The molecule has 0 aliphatic carbocycles. The largest absolute Gasteiger partial charge is 0.497 e. The fourth-order valence-corrected chi connectivity index (χ4v) is 3.88. The summed E-state index contributed by atoms with van der Waals surface area (Å²) < 4.78 is 14.0. The summed E-state index contributed by atoms with van der Waals surface area (Å²) >= 11 is 0. The van der Waals surface area contributed by atoms with Crippen molar-refractivity contribution in [3.8, 4) is 11.5 Å². The minimum atomic E-state index is -0.0941. The highest BCUT2D eigenvalue weighted by atomic mass is 16.5. The van der Waals surface area contributed by atoms with E-state index in [1.54, 1.807) is 29.5 Å². The Balaban J connectivity index is 1.53. The summed E-state index contributed by atoms with van der Waals surface area (Å²) in [5, 5.41) is 4.43. The second-order valence-corrected chi connectivity index (χ2v) is 6.74. The number of fused-ring (bicyclic) bond motifs is 1. The number of aromatic nitrogens is 3. The van der Waals surface area contributed by atoms with Crippen LogP contribution in [0.1, 0.15) is 24.4 Å². The molecule has 7 heteroatoms. The van der Waals surface area contributed by atoms with E-state index in [4.69, 9.17) is 9.47 Å². The van der Waals surface area contributed by atoms with Crippen LogP contribution >= 0.6 is 0 Å². The van der Waals surface area contributed by atoms with E-state index in [0.29, 0.717) is 12.2 Å². The van der Waals surface area contributed by atoms with Crippen LogP contribution in [0.2, 0.25) is 0 Å². The predicted molar refractivity (Wildman–Crippen MR) is 103 cm³/mol. The molecule has 0 radical (unpaired) electrons. The fourth-order valence-electron chi connectivity index (χ4n) is 3.88. The molecule has 0 amide bonds. The van der Waals surface area contributed by atoms with Crippen LogP contribution in [-0.4, -0.2) is 46.4 Å². The lowest BCUT2D eigenvalue weighted by atomic mass is 10.0. The van der Waals surface area contributed by atoms with E-state index in [-0.39, 0.29) is 11.7 Å². The molecule has 0 spiro atoms. The smallest absolute Gasteiger partial charge is 0.350 e. The minimum Gasteiger partial charge on any atom is -0.497 e. The zero-order chi connectivity index (χ0) is 18.8. The topological polar surface area (TPSA) is 61.0 Å². The van der Waals surface area contributed by atoms with E-state index in [1.165, 1.54) is 0 Å². The van der Waals surface area contributed by atoms with Crippen molar-refractivity contribution in [3.63, 3.8) is 0 Å². The SMILES string of the molecule is COc1ccc(C2CCCN2CCn2nc3ccccn3c2=O)c(OC)c1. The van der Waals surface area contributed by atoms with Gasteiger partial charge >= 0.3 is 5.69 Å². The lowest BCUT2D eigenvalue weighted by molar-refractivity contribution is 0.236. The van der Waals surface area contributed by atoms with Gasteiger partial charge in [-0.2, -0.15) is 0 Å². The predicted octanol–water partition coefficient (Wildman–Crippen LogP) is 2.35. The first-order valence-electron chi connectivity index (χ1n) is 9.21. The summed E-state index contributed by atoms with van der Waals surface area (Å²) in [4.78, 5) is 14.9. The van der Waals surface area contributed by atoms with Gasteiger partial charge in [0.05, 0.1) is 20.8 Å². The summed E-state index contributed by atoms with van der Waals surface area (Å²) in [7, 11) is 3.34. The van der Waals surface area contributed by atoms with Crippen molar-refractivity contribution < 1.29 is 9.47 Å². The van der Waals surface area contributed by atoms with Crippen LogP contribution in [-0.2, 0) is 6.54 Å². The Labute approximate surface area is 157 Å². The number of benzene rings is 1. The molecule has 7 nitrogen and oxygen atoms in total. The molecular formula is C20H24N4O3. The average molecular weight is 368 g/mol. The van der Waals surface area contributed by atoms with Gasteiger partial charge in [0.2, 0.25) is 0 Å². The van der Waals surface area contributed by atoms with Crippen molar-refractivity contribution in [1.82, 2.24) is 19.1 Å². The van der Waals surface area contributed by atoms with E-state index in [2.05, 4.69) is 16.1 Å². The number of pyridine rings is 1. The number of rotatable bonds is 6. The van der Waals surface area contributed by atoms with Crippen molar-refractivity contribution in [2.75, 3.05) is 27.3 Å². The molecule has 0 bridgehead atoms. The normalized spacial score (nSPS) is 17.5. The van der Waals surface area contributed by atoms with E-state index < -0.39 is 0 Å². The highest BCUT2D eigenvalue weighted by Crippen LogP contribution is 2.38. The number of likely N-dealkylation sites (tertiary alicyclic amines) is 1. The van der Waals surface area contributed by atoms with Crippen molar-refractivity contribution in [2.45, 2.75) is 25.4 Å². The zero-order valence-electron chi connectivity index (χ0n) is 15.7. The molecular weight excluding hydrogens is 344 g/mol. The Morgan fingerprint density at radius 3 is 2.81 bits per heavy atom. The molecule has 142 valence electrons. The summed E-state index contributed by atoms with van der Waals surface area (Å²) in [6, 6.07) is 11.8. The third-order valence-electron chi connectivity index (χ3n) is 5.25. The summed E-state index contributed by atoms with van der Waals surface area (Å²) in [6.07, 6.45) is 3.95. The van der Waals surface area contributed by atoms with Gasteiger partial charge in [-0.15, -0.1) is 5.10 Å². The number of hydrogen-bond donors (Lipinski definition) is 0. The van der Waals surface area contributed by atoms with Gasteiger partial charge in [-0.3, -0.25) is 9.30 Å². The molecule has 3 aromatic rings. The monoisotopic (exact) mass is 368 g/mol.